The van der Waals surface area contributed by atoms with Gasteiger partial charge in [0.05, 0.1) is 25.2 Å². The molecule has 2 fully saturated rings. The molecule has 4 heterocycles. The summed E-state index contributed by atoms with van der Waals surface area (Å²) in [7, 11) is 0. The number of aromatic nitrogens is 1. The van der Waals surface area contributed by atoms with E-state index in [0.29, 0.717) is 44.3 Å². The van der Waals surface area contributed by atoms with Crippen LogP contribution in [-0.2, 0) is 9.59 Å². The zero-order chi connectivity index (χ0) is 20.5. The van der Waals surface area contributed by atoms with Crippen LogP contribution >= 0.6 is 0 Å². The molecular formula is C22H25N4O4+. The summed E-state index contributed by atoms with van der Waals surface area (Å²) < 4.78 is 11.2. The Morgan fingerprint density at radius 3 is 2.57 bits per heavy atom. The molecule has 0 bridgehead atoms. The second kappa shape index (κ2) is 7.85. The van der Waals surface area contributed by atoms with Crippen molar-refractivity contribution in [3.63, 3.8) is 0 Å². The van der Waals surface area contributed by atoms with Crippen molar-refractivity contribution in [2.45, 2.75) is 6.42 Å². The lowest BCUT2D eigenvalue weighted by Gasteiger charge is -2.32. The van der Waals surface area contributed by atoms with Crippen molar-refractivity contribution in [3.8, 4) is 11.5 Å². The summed E-state index contributed by atoms with van der Waals surface area (Å²) in [6.07, 6.45) is 2.16. The van der Waals surface area contributed by atoms with Crippen LogP contribution in [0.2, 0.25) is 0 Å². The second-order valence-corrected chi connectivity index (χ2v) is 7.79. The molecule has 0 saturated carbocycles. The minimum atomic E-state index is -0.305. The standard InChI is InChI=1S/C22H24N4O4/c27-21-13-16(15-26(21)17-4-5-18-19(14-17)30-12-11-29-18)22(28)25-9-7-24(8-10-25)20-3-1-2-6-23-20/h1-6,14,16H,7-13,15H2/p+1/t16-/m0/s1. The van der Waals surface area contributed by atoms with Gasteiger partial charge in [-0.25, -0.2) is 4.98 Å². The Hall–Kier alpha value is -3.29. The van der Waals surface area contributed by atoms with Gasteiger partial charge in [0.15, 0.2) is 11.5 Å². The molecule has 8 nitrogen and oxygen atoms in total. The van der Waals surface area contributed by atoms with Gasteiger partial charge in [-0.1, -0.05) is 6.07 Å². The van der Waals surface area contributed by atoms with E-state index in [1.807, 2.05) is 47.5 Å². The number of fused-ring (bicyclic) bond motifs is 1. The summed E-state index contributed by atoms with van der Waals surface area (Å²) in [6.45, 7) is 4.31. The van der Waals surface area contributed by atoms with Gasteiger partial charge in [-0.15, -0.1) is 0 Å². The smallest absolute Gasteiger partial charge is 0.274 e. The number of hydrogen-bond acceptors (Lipinski definition) is 5. The first-order valence-corrected chi connectivity index (χ1v) is 10.4. The van der Waals surface area contributed by atoms with Gasteiger partial charge in [0.2, 0.25) is 11.8 Å². The number of hydrogen-bond donors (Lipinski definition) is 0. The quantitative estimate of drug-likeness (QED) is 0.755. The lowest BCUT2D eigenvalue weighted by Crippen LogP contribution is -2.51. The van der Waals surface area contributed by atoms with E-state index in [1.54, 1.807) is 4.90 Å². The van der Waals surface area contributed by atoms with E-state index < -0.39 is 0 Å². The molecule has 3 aliphatic heterocycles. The van der Waals surface area contributed by atoms with Crippen LogP contribution in [0.25, 0.3) is 0 Å². The zero-order valence-electron chi connectivity index (χ0n) is 16.8. The predicted molar refractivity (Wildman–Crippen MR) is 110 cm³/mol. The molecule has 3 aliphatic rings. The fraction of sp³-hybridized carbons (Fsp3) is 0.409. The second-order valence-electron chi connectivity index (χ2n) is 7.79. The minimum Gasteiger partial charge on any atom is -0.486 e. The highest BCUT2D eigenvalue weighted by atomic mass is 16.6. The van der Waals surface area contributed by atoms with Crippen molar-refractivity contribution < 1.29 is 24.0 Å². The number of anilines is 2. The normalized spacial score (nSPS) is 21.1. The predicted octanol–water partition coefficient (Wildman–Crippen LogP) is 0.974. The van der Waals surface area contributed by atoms with Gasteiger partial charge in [-0.2, -0.15) is 0 Å². The Morgan fingerprint density at radius 1 is 1.00 bits per heavy atom. The number of carbonyl (C=O) groups is 2. The third-order valence-electron chi connectivity index (χ3n) is 5.94. The number of amides is 2. The Labute approximate surface area is 175 Å². The van der Waals surface area contributed by atoms with Crippen molar-refractivity contribution in [3.05, 3.63) is 42.6 Å². The molecule has 2 aromatic rings. The summed E-state index contributed by atoms with van der Waals surface area (Å²) in [4.78, 5) is 34.8. The first-order chi connectivity index (χ1) is 14.7. The average Bonchev–Trinajstić information content (AvgIpc) is 3.20. The van der Waals surface area contributed by atoms with Crippen molar-refractivity contribution in [1.82, 2.24) is 4.90 Å². The van der Waals surface area contributed by atoms with Crippen LogP contribution in [0.5, 0.6) is 11.5 Å². The number of benzene rings is 1. The molecular weight excluding hydrogens is 384 g/mol. The van der Waals surface area contributed by atoms with Crippen molar-refractivity contribution >= 4 is 23.3 Å². The van der Waals surface area contributed by atoms with Gasteiger partial charge in [-0.3, -0.25) is 14.5 Å². The number of H-pyrrole nitrogens is 1. The Morgan fingerprint density at radius 2 is 1.80 bits per heavy atom. The number of carbonyl (C=O) groups excluding carboxylic acids is 2. The maximum Gasteiger partial charge on any atom is 0.274 e. The third-order valence-corrected chi connectivity index (χ3v) is 5.94. The Bertz CT molecular complexity index is 943. The van der Waals surface area contributed by atoms with Crippen molar-refractivity contribution in [2.24, 2.45) is 5.92 Å². The molecule has 1 aromatic heterocycles. The maximum atomic E-state index is 13.1. The molecule has 0 aliphatic carbocycles. The molecule has 2 amide bonds. The summed E-state index contributed by atoms with van der Waals surface area (Å²) in [5.41, 5.74) is 0.754. The highest BCUT2D eigenvalue weighted by molar-refractivity contribution is 6.00. The van der Waals surface area contributed by atoms with E-state index in [0.717, 1.165) is 24.6 Å². The van der Waals surface area contributed by atoms with E-state index in [1.165, 1.54) is 0 Å². The molecule has 0 unspecified atom stereocenters. The van der Waals surface area contributed by atoms with Crippen LogP contribution in [-0.4, -0.2) is 62.7 Å². The molecule has 2 saturated heterocycles. The first-order valence-electron chi connectivity index (χ1n) is 10.4. The van der Waals surface area contributed by atoms with Gasteiger partial charge >= 0.3 is 0 Å². The highest BCUT2D eigenvalue weighted by Gasteiger charge is 2.39. The Balaban J connectivity index is 1.22. The molecule has 0 spiro atoms. The number of ether oxygens (including phenoxy) is 2. The SMILES string of the molecule is O=C([C@H]1CC(=O)N(c2ccc3c(c2)OCCO3)C1)N1CCN(c2cccc[nH+]2)CC1. The molecule has 0 radical (unpaired) electrons. The largest absolute Gasteiger partial charge is 0.486 e. The average molecular weight is 409 g/mol. The van der Waals surface area contributed by atoms with Crippen LogP contribution < -0.4 is 24.3 Å². The van der Waals surface area contributed by atoms with Gasteiger partial charge in [0.25, 0.3) is 5.82 Å². The number of nitrogens with zero attached hydrogens (tertiary/aromatic N) is 3. The van der Waals surface area contributed by atoms with E-state index in [9.17, 15) is 9.59 Å². The molecule has 1 aromatic carbocycles. The zero-order valence-corrected chi connectivity index (χ0v) is 16.8. The summed E-state index contributed by atoms with van der Waals surface area (Å²) in [5.74, 6) is 2.14. The third kappa shape index (κ3) is 3.53. The minimum absolute atomic E-state index is 0.0254. The lowest BCUT2D eigenvalue weighted by atomic mass is 10.1. The summed E-state index contributed by atoms with van der Waals surface area (Å²) >= 11 is 0. The first kappa shape index (κ1) is 18.7. The van der Waals surface area contributed by atoms with Crippen LogP contribution in [0.3, 0.4) is 0 Å². The molecule has 8 heteroatoms. The lowest BCUT2D eigenvalue weighted by molar-refractivity contribution is -0.364. The highest BCUT2D eigenvalue weighted by Crippen LogP contribution is 2.36. The number of aromatic amines is 1. The van der Waals surface area contributed by atoms with Gasteiger partial charge in [-0.05, 0) is 18.2 Å². The summed E-state index contributed by atoms with van der Waals surface area (Å²) in [6, 6.07) is 11.5. The monoisotopic (exact) mass is 409 g/mol. The Kier molecular flexibility index (Phi) is 4.90. The number of pyridine rings is 1. The van der Waals surface area contributed by atoms with Crippen molar-refractivity contribution in [2.75, 3.05) is 55.7 Å². The van der Waals surface area contributed by atoms with E-state index in [4.69, 9.17) is 9.47 Å². The molecule has 5 rings (SSSR count). The van der Waals surface area contributed by atoms with Gasteiger partial charge < -0.3 is 19.3 Å². The van der Waals surface area contributed by atoms with E-state index in [2.05, 4.69) is 9.88 Å². The van der Waals surface area contributed by atoms with E-state index in [-0.39, 0.29) is 24.2 Å². The molecule has 30 heavy (non-hydrogen) atoms. The van der Waals surface area contributed by atoms with Gasteiger partial charge in [0, 0.05) is 30.8 Å². The molecule has 1 N–H and O–H groups in total. The van der Waals surface area contributed by atoms with Crippen LogP contribution in [0.15, 0.2) is 42.6 Å². The molecule has 1 atom stereocenters. The number of nitrogens with one attached hydrogen (secondary N) is 1. The van der Waals surface area contributed by atoms with Gasteiger partial charge in [0.1, 0.15) is 26.3 Å². The van der Waals surface area contributed by atoms with Crippen LogP contribution in [0.4, 0.5) is 11.5 Å². The number of piperazine rings is 1. The van der Waals surface area contributed by atoms with Crippen LogP contribution in [0.1, 0.15) is 6.42 Å². The van der Waals surface area contributed by atoms with Crippen molar-refractivity contribution in [1.29, 1.82) is 0 Å². The molecule has 156 valence electrons. The fourth-order valence-electron chi connectivity index (χ4n) is 4.33. The fourth-order valence-corrected chi connectivity index (χ4v) is 4.33. The van der Waals surface area contributed by atoms with Crippen LogP contribution in [0, 0.1) is 5.92 Å². The maximum absolute atomic E-state index is 13.1. The van der Waals surface area contributed by atoms with E-state index >= 15 is 0 Å². The number of rotatable bonds is 3. The topological polar surface area (TPSA) is 76.5 Å². The summed E-state index contributed by atoms with van der Waals surface area (Å²) in [5, 5.41) is 0.